The van der Waals surface area contributed by atoms with Crippen LogP contribution in [0.4, 0.5) is 0 Å². The van der Waals surface area contributed by atoms with E-state index in [1.54, 1.807) is 16.8 Å². The predicted molar refractivity (Wildman–Crippen MR) is 31.5 cm³/mol. The first-order chi connectivity index (χ1) is 3.80. The van der Waals surface area contributed by atoms with E-state index in [4.69, 9.17) is 0 Å². The molecule has 1 atom stereocenters. The molecule has 0 aliphatic heterocycles. The molecule has 0 aliphatic carbocycles. The Morgan fingerprint density at radius 3 is 2.56 bits per heavy atom. The van der Waals surface area contributed by atoms with Crippen molar-refractivity contribution in [1.82, 2.24) is 0 Å². The third kappa shape index (κ3) is 2.65. The summed E-state index contributed by atoms with van der Waals surface area (Å²) in [6.07, 6.45) is 0. The van der Waals surface area contributed by atoms with Crippen LogP contribution in [0.15, 0.2) is 21.7 Å². The Bertz CT molecular complexity index is 184. The molecule has 1 aromatic heterocycles. The molecule has 44 valence electrons. The molecule has 5 heteroatoms. The standard InChI is InChI=1S/C4H4O2S2.Li/c5-8(6)4-1-2-7-3-4;/h1-3H,(H,5,6);/q;+1/p-1. The van der Waals surface area contributed by atoms with Gasteiger partial charge in [-0.15, -0.1) is 0 Å². The topological polar surface area (TPSA) is 40.1 Å². The molecular weight excluding hydrogens is 151 g/mol. The van der Waals surface area contributed by atoms with Gasteiger partial charge in [0.2, 0.25) is 0 Å². The van der Waals surface area contributed by atoms with Crippen LogP contribution in [-0.2, 0) is 11.1 Å². The molecule has 0 aromatic carbocycles. The van der Waals surface area contributed by atoms with Crippen molar-refractivity contribution in [2.45, 2.75) is 4.90 Å². The third-order valence-corrected chi connectivity index (χ3v) is 2.16. The van der Waals surface area contributed by atoms with Crippen molar-refractivity contribution in [3.05, 3.63) is 16.8 Å². The summed E-state index contributed by atoms with van der Waals surface area (Å²) >= 11 is -0.663. The van der Waals surface area contributed by atoms with Gasteiger partial charge in [0.1, 0.15) is 0 Å². The van der Waals surface area contributed by atoms with E-state index < -0.39 is 11.1 Å². The first-order valence-corrected chi connectivity index (χ1v) is 3.94. The Kier molecular flexibility index (Phi) is 4.45. The van der Waals surface area contributed by atoms with Crippen LogP contribution in [0.25, 0.3) is 0 Å². The summed E-state index contributed by atoms with van der Waals surface area (Å²) in [7, 11) is 0. The maximum Gasteiger partial charge on any atom is 1.00 e. The summed E-state index contributed by atoms with van der Waals surface area (Å²) in [6, 6.07) is 1.56. The molecule has 0 amide bonds. The fraction of sp³-hybridized carbons (Fsp3) is 0. The quantitative estimate of drug-likeness (QED) is 0.346. The second kappa shape index (κ2) is 4.26. The van der Waals surface area contributed by atoms with Crippen molar-refractivity contribution in [2.24, 2.45) is 0 Å². The van der Waals surface area contributed by atoms with Gasteiger partial charge in [-0.05, 0) is 22.5 Å². The van der Waals surface area contributed by atoms with Crippen LogP contribution in [0.1, 0.15) is 0 Å². The maximum absolute atomic E-state index is 10.1. The first-order valence-electron chi connectivity index (χ1n) is 1.92. The fourth-order valence-electron chi connectivity index (χ4n) is 0.347. The van der Waals surface area contributed by atoms with Crippen molar-refractivity contribution in [3.8, 4) is 0 Å². The Morgan fingerprint density at radius 2 is 2.33 bits per heavy atom. The van der Waals surface area contributed by atoms with Crippen LogP contribution < -0.4 is 18.9 Å². The second-order valence-corrected chi connectivity index (χ2v) is 2.91. The Hall–Kier alpha value is 0.407. The van der Waals surface area contributed by atoms with Gasteiger partial charge in [0.05, 0.1) is 0 Å². The SMILES string of the molecule is O=S([O-])c1ccsc1.[Li+]. The van der Waals surface area contributed by atoms with E-state index in [0.717, 1.165) is 0 Å². The van der Waals surface area contributed by atoms with E-state index in [0.29, 0.717) is 4.90 Å². The van der Waals surface area contributed by atoms with Crippen LogP contribution in [0, 0.1) is 0 Å². The average molecular weight is 154 g/mol. The fourth-order valence-corrected chi connectivity index (χ4v) is 1.61. The molecule has 0 aliphatic rings. The van der Waals surface area contributed by atoms with Gasteiger partial charge in [-0.25, -0.2) is 0 Å². The average Bonchev–Trinajstić information content (AvgIpc) is 2.12. The Balaban J connectivity index is 0.000000640. The number of hydrogen-bond donors (Lipinski definition) is 0. The van der Waals surface area contributed by atoms with E-state index in [1.807, 2.05) is 0 Å². The minimum atomic E-state index is -2.04. The summed E-state index contributed by atoms with van der Waals surface area (Å²) in [4.78, 5) is 0.370. The molecule has 0 saturated carbocycles. The molecule has 0 N–H and O–H groups in total. The van der Waals surface area contributed by atoms with Crippen LogP contribution in [0.5, 0.6) is 0 Å². The van der Waals surface area contributed by atoms with Gasteiger partial charge in [0.25, 0.3) is 0 Å². The molecule has 0 bridgehead atoms. The maximum atomic E-state index is 10.1. The molecule has 1 rings (SSSR count). The third-order valence-electron chi connectivity index (χ3n) is 0.688. The van der Waals surface area contributed by atoms with E-state index in [9.17, 15) is 8.76 Å². The molecule has 1 aromatic rings. The molecular formula is C4H3LiO2S2. The normalized spacial score (nSPS) is 12.1. The molecule has 1 heterocycles. The van der Waals surface area contributed by atoms with Crippen molar-refractivity contribution in [1.29, 1.82) is 0 Å². The summed E-state index contributed by atoms with van der Waals surface area (Å²) in [5, 5.41) is 3.31. The minimum Gasteiger partial charge on any atom is -0.768 e. The molecule has 0 spiro atoms. The van der Waals surface area contributed by atoms with Gasteiger partial charge in [0.15, 0.2) is 0 Å². The van der Waals surface area contributed by atoms with Crippen LogP contribution >= 0.6 is 11.3 Å². The first kappa shape index (κ1) is 9.41. The molecule has 9 heavy (non-hydrogen) atoms. The monoisotopic (exact) mass is 154 g/mol. The number of rotatable bonds is 1. The minimum absolute atomic E-state index is 0. The van der Waals surface area contributed by atoms with Crippen molar-refractivity contribution >= 4 is 22.4 Å². The van der Waals surface area contributed by atoms with Gasteiger partial charge in [-0.3, -0.25) is 4.21 Å². The van der Waals surface area contributed by atoms with Crippen molar-refractivity contribution in [3.63, 3.8) is 0 Å². The van der Waals surface area contributed by atoms with Gasteiger partial charge in [0, 0.05) is 10.3 Å². The predicted octanol–water partition coefficient (Wildman–Crippen LogP) is -2.01. The Labute approximate surface area is 71.7 Å². The largest absolute Gasteiger partial charge is 1.00 e. The van der Waals surface area contributed by atoms with E-state index in [1.165, 1.54) is 11.3 Å². The molecule has 0 fully saturated rings. The van der Waals surface area contributed by atoms with Crippen LogP contribution in [0.2, 0.25) is 0 Å². The van der Waals surface area contributed by atoms with Gasteiger partial charge < -0.3 is 4.55 Å². The molecule has 1 unspecified atom stereocenters. The van der Waals surface area contributed by atoms with Crippen LogP contribution in [0.3, 0.4) is 0 Å². The zero-order chi connectivity index (χ0) is 5.98. The molecule has 2 nitrogen and oxygen atoms in total. The summed E-state index contributed by atoms with van der Waals surface area (Å²) in [6.45, 7) is 0. The number of thiophene rings is 1. The molecule has 0 radical (unpaired) electrons. The second-order valence-electron chi connectivity index (χ2n) is 1.19. The zero-order valence-electron chi connectivity index (χ0n) is 4.87. The summed E-state index contributed by atoms with van der Waals surface area (Å²) in [5.74, 6) is 0. The summed E-state index contributed by atoms with van der Waals surface area (Å²) < 4.78 is 20.1. The number of hydrogen-bond acceptors (Lipinski definition) is 3. The van der Waals surface area contributed by atoms with Crippen LogP contribution in [-0.4, -0.2) is 8.76 Å². The molecule has 0 saturated heterocycles. The van der Waals surface area contributed by atoms with E-state index in [-0.39, 0.29) is 18.9 Å². The van der Waals surface area contributed by atoms with Gasteiger partial charge >= 0.3 is 18.9 Å². The van der Waals surface area contributed by atoms with Crippen molar-refractivity contribution < 1.29 is 27.6 Å². The van der Waals surface area contributed by atoms with Gasteiger partial charge in [-0.2, -0.15) is 11.3 Å². The van der Waals surface area contributed by atoms with Crippen molar-refractivity contribution in [2.75, 3.05) is 0 Å². The smallest absolute Gasteiger partial charge is 0.768 e. The van der Waals surface area contributed by atoms with E-state index in [2.05, 4.69) is 0 Å². The van der Waals surface area contributed by atoms with E-state index >= 15 is 0 Å². The van der Waals surface area contributed by atoms with Gasteiger partial charge in [-0.1, -0.05) is 0 Å². The summed E-state index contributed by atoms with van der Waals surface area (Å²) in [5.41, 5.74) is 0. The zero-order valence-corrected chi connectivity index (χ0v) is 6.50. The Morgan fingerprint density at radius 1 is 1.67 bits per heavy atom.